The maximum absolute atomic E-state index is 12.8. The van der Waals surface area contributed by atoms with Crippen LogP contribution in [0.25, 0.3) is 0 Å². The third-order valence-electron chi connectivity index (χ3n) is 4.27. The number of thioether (sulfide) groups is 1. The van der Waals surface area contributed by atoms with Crippen molar-refractivity contribution >= 4 is 27.5 Å². The summed E-state index contributed by atoms with van der Waals surface area (Å²) in [5.74, 6) is 0.539. The van der Waals surface area contributed by atoms with Gasteiger partial charge in [0.05, 0.1) is 17.3 Å². The highest BCUT2D eigenvalue weighted by Gasteiger charge is 2.34. The van der Waals surface area contributed by atoms with Gasteiger partial charge in [0.25, 0.3) is 0 Å². The molecule has 6 heteroatoms. The molecule has 3 rings (SSSR count). The van der Waals surface area contributed by atoms with E-state index in [0.29, 0.717) is 18.7 Å². The summed E-state index contributed by atoms with van der Waals surface area (Å²) in [7, 11) is -3.03. The lowest BCUT2D eigenvalue weighted by molar-refractivity contribution is -0.130. The number of carbonyl (C=O) groups is 1. The Balaban J connectivity index is 1.72. The summed E-state index contributed by atoms with van der Waals surface area (Å²) in [5, 5.41) is 0. The highest BCUT2D eigenvalue weighted by atomic mass is 32.2. The molecule has 0 aliphatic carbocycles. The summed E-state index contributed by atoms with van der Waals surface area (Å²) in [6, 6.07) is 19.3. The van der Waals surface area contributed by atoms with E-state index in [0.717, 1.165) is 10.5 Å². The molecular formula is C19H21NO3S2. The largest absolute Gasteiger partial charge is 0.334 e. The molecule has 2 aromatic rings. The lowest BCUT2D eigenvalue weighted by Crippen LogP contribution is -2.41. The fourth-order valence-corrected chi connectivity index (χ4v) is 5.50. The topological polar surface area (TPSA) is 54.5 Å². The van der Waals surface area contributed by atoms with Gasteiger partial charge in [0.2, 0.25) is 5.91 Å². The first-order valence-electron chi connectivity index (χ1n) is 8.25. The van der Waals surface area contributed by atoms with Gasteiger partial charge in [0.15, 0.2) is 9.84 Å². The van der Waals surface area contributed by atoms with Crippen molar-refractivity contribution in [1.82, 2.24) is 4.90 Å². The zero-order valence-electron chi connectivity index (χ0n) is 13.9. The van der Waals surface area contributed by atoms with Crippen LogP contribution < -0.4 is 0 Å². The number of hydrogen-bond donors (Lipinski definition) is 0. The second-order valence-electron chi connectivity index (χ2n) is 6.17. The first-order valence-corrected chi connectivity index (χ1v) is 11.1. The van der Waals surface area contributed by atoms with E-state index in [1.165, 1.54) is 11.8 Å². The molecule has 0 N–H and O–H groups in total. The predicted octanol–water partition coefficient (Wildman–Crippen LogP) is 2.99. The maximum Gasteiger partial charge on any atom is 0.233 e. The zero-order valence-corrected chi connectivity index (χ0v) is 15.5. The molecule has 1 atom stereocenters. The van der Waals surface area contributed by atoms with E-state index in [-0.39, 0.29) is 23.5 Å². The lowest BCUT2D eigenvalue weighted by atomic mass is 10.1. The van der Waals surface area contributed by atoms with Crippen molar-refractivity contribution in [2.45, 2.75) is 23.9 Å². The van der Waals surface area contributed by atoms with Gasteiger partial charge >= 0.3 is 0 Å². The molecule has 0 saturated carbocycles. The summed E-state index contributed by atoms with van der Waals surface area (Å²) in [5.41, 5.74) is 1.02. The van der Waals surface area contributed by atoms with Crippen molar-refractivity contribution in [3.63, 3.8) is 0 Å². The lowest BCUT2D eigenvalue weighted by Gasteiger charge is -2.28. The van der Waals surface area contributed by atoms with E-state index in [1.807, 2.05) is 60.7 Å². The first-order chi connectivity index (χ1) is 12.0. The van der Waals surface area contributed by atoms with Crippen molar-refractivity contribution in [2.24, 2.45) is 0 Å². The fourth-order valence-electron chi connectivity index (χ4n) is 2.97. The Bertz CT molecular complexity index is 807. The second-order valence-corrected chi connectivity index (χ2v) is 9.44. The Morgan fingerprint density at radius 3 is 2.28 bits per heavy atom. The molecule has 1 saturated heterocycles. The van der Waals surface area contributed by atoms with Gasteiger partial charge in [-0.25, -0.2) is 8.42 Å². The van der Waals surface area contributed by atoms with Gasteiger partial charge in [-0.05, 0) is 24.1 Å². The van der Waals surface area contributed by atoms with E-state index in [4.69, 9.17) is 0 Å². The normalized spacial score (nSPS) is 18.8. The molecule has 0 bridgehead atoms. The van der Waals surface area contributed by atoms with Crippen LogP contribution in [-0.4, -0.2) is 42.5 Å². The zero-order chi connectivity index (χ0) is 17.7. The third-order valence-corrected chi connectivity index (χ3v) is 7.02. The quantitative estimate of drug-likeness (QED) is 0.729. The van der Waals surface area contributed by atoms with Crippen molar-refractivity contribution < 1.29 is 13.2 Å². The minimum atomic E-state index is -3.03. The monoisotopic (exact) mass is 375 g/mol. The van der Waals surface area contributed by atoms with Crippen LogP contribution in [0, 0.1) is 0 Å². The molecule has 1 heterocycles. The number of hydrogen-bond acceptors (Lipinski definition) is 4. The average molecular weight is 376 g/mol. The average Bonchev–Trinajstić information content (AvgIpc) is 2.99. The Labute approximate surface area is 153 Å². The van der Waals surface area contributed by atoms with E-state index >= 15 is 0 Å². The molecule has 0 unspecified atom stereocenters. The molecule has 132 valence electrons. The van der Waals surface area contributed by atoms with Crippen LogP contribution in [0.2, 0.25) is 0 Å². The summed E-state index contributed by atoms with van der Waals surface area (Å²) in [6.45, 7) is 0.454. The van der Waals surface area contributed by atoms with E-state index in [1.54, 1.807) is 4.90 Å². The summed E-state index contributed by atoms with van der Waals surface area (Å²) in [6.07, 6.45) is 0.525. The second kappa shape index (κ2) is 8.06. The highest BCUT2D eigenvalue weighted by Crippen LogP contribution is 2.23. The molecule has 0 radical (unpaired) electrons. The van der Waals surface area contributed by atoms with E-state index in [9.17, 15) is 13.2 Å². The molecule has 4 nitrogen and oxygen atoms in total. The number of carbonyl (C=O) groups excluding carboxylic acids is 1. The number of amides is 1. The summed E-state index contributed by atoms with van der Waals surface area (Å²) >= 11 is 1.49. The van der Waals surface area contributed by atoms with Crippen LogP contribution in [0.15, 0.2) is 65.6 Å². The van der Waals surface area contributed by atoms with Gasteiger partial charge in [0.1, 0.15) is 0 Å². The molecule has 1 fully saturated rings. The van der Waals surface area contributed by atoms with Gasteiger partial charge < -0.3 is 4.90 Å². The molecule has 1 aliphatic rings. The maximum atomic E-state index is 12.8. The molecule has 1 amide bonds. The Kier molecular flexibility index (Phi) is 5.81. The Hall–Kier alpha value is -1.79. The Morgan fingerprint density at radius 1 is 1.04 bits per heavy atom. The first kappa shape index (κ1) is 18.0. The van der Waals surface area contributed by atoms with Crippen molar-refractivity contribution in [1.29, 1.82) is 0 Å². The van der Waals surface area contributed by atoms with E-state index in [2.05, 4.69) is 0 Å². The van der Waals surface area contributed by atoms with Crippen LogP contribution >= 0.6 is 11.8 Å². The minimum absolute atomic E-state index is 0.0141. The molecule has 25 heavy (non-hydrogen) atoms. The van der Waals surface area contributed by atoms with Crippen molar-refractivity contribution in [2.75, 3.05) is 17.3 Å². The molecule has 0 aromatic heterocycles. The van der Waals surface area contributed by atoms with Gasteiger partial charge in [-0.2, -0.15) is 0 Å². The van der Waals surface area contributed by atoms with Crippen molar-refractivity contribution in [3.05, 3.63) is 66.2 Å². The van der Waals surface area contributed by atoms with Crippen LogP contribution in [0.4, 0.5) is 0 Å². The van der Waals surface area contributed by atoms with Crippen LogP contribution in [0.1, 0.15) is 12.0 Å². The van der Waals surface area contributed by atoms with Gasteiger partial charge in [-0.15, -0.1) is 11.8 Å². The van der Waals surface area contributed by atoms with Crippen LogP contribution in [0.5, 0.6) is 0 Å². The van der Waals surface area contributed by atoms with Crippen molar-refractivity contribution in [3.8, 4) is 0 Å². The number of sulfone groups is 1. The van der Waals surface area contributed by atoms with Gasteiger partial charge in [-0.3, -0.25) is 4.79 Å². The van der Waals surface area contributed by atoms with Gasteiger partial charge in [0, 0.05) is 17.5 Å². The minimum Gasteiger partial charge on any atom is -0.334 e. The summed E-state index contributed by atoms with van der Waals surface area (Å²) in [4.78, 5) is 15.6. The Morgan fingerprint density at radius 2 is 1.68 bits per heavy atom. The van der Waals surface area contributed by atoms with Gasteiger partial charge in [-0.1, -0.05) is 48.5 Å². The van der Waals surface area contributed by atoms with Crippen LogP contribution in [-0.2, 0) is 21.2 Å². The van der Waals surface area contributed by atoms with Crippen LogP contribution in [0.3, 0.4) is 0 Å². The number of benzene rings is 2. The molecule has 1 aliphatic heterocycles. The SMILES string of the molecule is O=C(CSc1ccccc1)N(Cc1ccccc1)[C@H]1CCS(=O)(=O)C1. The highest BCUT2D eigenvalue weighted by molar-refractivity contribution is 8.00. The summed E-state index contributed by atoms with van der Waals surface area (Å²) < 4.78 is 23.7. The molecule has 0 spiro atoms. The molecule has 2 aromatic carbocycles. The van der Waals surface area contributed by atoms with E-state index < -0.39 is 9.84 Å². The standard InChI is InChI=1S/C19H21NO3S2/c21-19(14-24-18-9-5-2-6-10-18)20(13-16-7-3-1-4-8-16)17-11-12-25(22,23)15-17/h1-10,17H,11-15H2/t17-/m0/s1. The smallest absolute Gasteiger partial charge is 0.233 e. The third kappa shape index (κ3) is 5.09. The fraction of sp³-hybridized carbons (Fsp3) is 0.316. The molecular weight excluding hydrogens is 354 g/mol. The number of nitrogens with zero attached hydrogens (tertiary/aromatic N) is 1. The predicted molar refractivity (Wildman–Crippen MR) is 101 cm³/mol. The number of rotatable bonds is 6.